The van der Waals surface area contributed by atoms with Crippen LogP contribution in [0.5, 0.6) is 17.2 Å². The third-order valence-corrected chi connectivity index (χ3v) is 4.73. The Balaban J connectivity index is 1.56. The van der Waals surface area contributed by atoms with Crippen molar-refractivity contribution in [3.8, 4) is 17.2 Å². The molecule has 0 saturated heterocycles. The minimum absolute atomic E-state index is 0.197. The van der Waals surface area contributed by atoms with Crippen molar-refractivity contribution in [3.05, 3.63) is 83.2 Å². The second kappa shape index (κ2) is 10.8. The van der Waals surface area contributed by atoms with Crippen molar-refractivity contribution in [1.29, 1.82) is 0 Å². The van der Waals surface area contributed by atoms with Gasteiger partial charge in [-0.3, -0.25) is 14.6 Å². The first-order chi connectivity index (χ1) is 15.5. The van der Waals surface area contributed by atoms with Crippen LogP contribution >= 0.6 is 0 Å². The molecule has 8 nitrogen and oxygen atoms in total. The topological polar surface area (TPSA) is 113 Å². The van der Waals surface area contributed by atoms with Crippen molar-refractivity contribution in [2.24, 2.45) is 5.73 Å². The summed E-state index contributed by atoms with van der Waals surface area (Å²) in [6.07, 6.45) is 2.14. The van der Waals surface area contributed by atoms with Crippen LogP contribution in [0.25, 0.3) is 0 Å². The molecule has 0 atom stereocenters. The number of ether oxygens (including phenoxy) is 3. The third kappa shape index (κ3) is 5.75. The number of para-hydroxylation sites is 1. The maximum absolute atomic E-state index is 12.6. The standard InChI is InChI=1S/C24H25N3O5/c1-30-21-8-4-7-19(22(21)31-2)24(29)27-12-9-16-5-3-6-18(13-16)32-15-17-10-11-26-20(14-17)23(25)28/h3-8,10-11,13-14H,9,12,15H2,1-2H3,(H2,25,28)(H,27,29). The van der Waals surface area contributed by atoms with E-state index in [9.17, 15) is 9.59 Å². The monoisotopic (exact) mass is 435 g/mol. The average molecular weight is 435 g/mol. The Morgan fingerprint density at radius 3 is 2.56 bits per heavy atom. The molecule has 0 saturated carbocycles. The van der Waals surface area contributed by atoms with Crippen LogP contribution in [-0.2, 0) is 13.0 Å². The first-order valence-corrected chi connectivity index (χ1v) is 9.97. The minimum Gasteiger partial charge on any atom is -0.493 e. The maximum Gasteiger partial charge on any atom is 0.267 e. The van der Waals surface area contributed by atoms with Crippen molar-refractivity contribution in [1.82, 2.24) is 10.3 Å². The smallest absolute Gasteiger partial charge is 0.267 e. The number of nitrogens with zero attached hydrogens (tertiary/aromatic N) is 1. The number of pyridine rings is 1. The van der Waals surface area contributed by atoms with E-state index in [0.717, 1.165) is 11.1 Å². The number of nitrogens with two attached hydrogens (primary N) is 1. The molecule has 3 aromatic rings. The van der Waals surface area contributed by atoms with Crippen LogP contribution in [-0.4, -0.2) is 37.6 Å². The molecular formula is C24H25N3O5. The molecule has 2 aromatic carbocycles. The lowest BCUT2D eigenvalue weighted by atomic mass is 10.1. The van der Waals surface area contributed by atoms with Crippen molar-refractivity contribution in [3.63, 3.8) is 0 Å². The second-order valence-corrected chi connectivity index (χ2v) is 6.90. The highest BCUT2D eigenvalue weighted by Crippen LogP contribution is 2.30. The second-order valence-electron chi connectivity index (χ2n) is 6.90. The molecule has 3 N–H and O–H groups in total. The largest absolute Gasteiger partial charge is 0.493 e. The number of methoxy groups -OCH3 is 2. The van der Waals surface area contributed by atoms with Crippen LogP contribution in [0.4, 0.5) is 0 Å². The Morgan fingerprint density at radius 1 is 1.00 bits per heavy atom. The lowest BCUT2D eigenvalue weighted by molar-refractivity contribution is 0.0949. The molecule has 1 aromatic heterocycles. The summed E-state index contributed by atoms with van der Waals surface area (Å²) in [5, 5.41) is 2.90. The van der Waals surface area contributed by atoms with Gasteiger partial charge in [-0.1, -0.05) is 18.2 Å². The van der Waals surface area contributed by atoms with Gasteiger partial charge in [0.2, 0.25) is 0 Å². The summed E-state index contributed by atoms with van der Waals surface area (Å²) >= 11 is 0. The van der Waals surface area contributed by atoms with Crippen molar-refractivity contribution in [2.75, 3.05) is 20.8 Å². The Bertz CT molecular complexity index is 1100. The summed E-state index contributed by atoms with van der Waals surface area (Å²) in [6, 6.07) is 16.1. The fourth-order valence-electron chi connectivity index (χ4n) is 3.14. The molecule has 166 valence electrons. The zero-order valence-corrected chi connectivity index (χ0v) is 18.0. The quantitative estimate of drug-likeness (QED) is 0.506. The van der Waals surface area contributed by atoms with E-state index < -0.39 is 5.91 Å². The number of primary amides is 1. The molecule has 0 unspecified atom stereocenters. The summed E-state index contributed by atoms with van der Waals surface area (Å²) in [6.45, 7) is 0.716. The molecular weight excluding hydrogens is 410 g/mol. The number of carbonyl (C=O) groups is 2. The lowest BCUT2D eigenvalue weighted by Gasteiger charge is -2.13. The van der Waals surface area contributed by atoms with Crippen LogP contribution in [0.15, 0.2) is 60.8 Å². The SMILES string of the molecule is COc1cccc(C(=O)NCCc2cccc(OCc3ccnc(C(N)=O)c3)c2)c1OC. The number of rotatable bonds is 10. The van der Waals surface area contributed by atoms with Crippen molar-refractivity contribution >= 4 is 11.8 Å². The predicted octanol–water partition coefficient (Wildman–Crippen LogP) is 2.75. The average Bonchev–Trinajstić information content (AvgIpc) is 2.82. The zero-order valence-electron chi connectivity index (χ0n) is 18.0. The molecule has 0 radical (unpaired) electrons. The van der Waals surface area contributed by atoms with Crippen LogP contribution in [0, 0.1) is 0 Å². The fourth-order valence-corrected chi connectivity index (χ4v) is 3.14. The van der Waals surface area contributed by atoms with E-state index in [1.807, 2.05) is 24.3 Å². The minimum atomic E-state index is -0.581. The highest BCUT2D eigenvalue weighted by Gasteiger charge is 2.15. The van der Waals surface area contributed by atoms with Gasteiger partial charge in [-0.05, 0) is 53.9 Å². The molecule has 2 amide bonds. The lowest BCUT2D eigenvalue weighted by Crippen LogP contribution is -2.26. The van der Waals surface area contributed by atoms with Crippen LogP contribution in [0.1, 0.15) is 32.0 Å². The summed E-state index contributed by atoms with van der Waals surface area (Å²) in [7, 11) is 3.03. The van der Waals surface area contributed by atoms with Gasteiger partial charge < -0.3 is 25.3 Å². The number of amides is 2. The number of benzene rings is 2. The number of hydrogen-bond acceptors (Lipinski definition) is 6. The first-order valence-electron chi connectivity index (χ1n) is 9.97. The van der Waals surface area contributed by atoms with E-state index in [2.05, 4.69) is 10.3 Å². The molecule has 8 heteroatoms. The van der Waals surface area contributed by atoms with Gasteiger partial charge in [0.15, 0.2) is 11.5 Å². The summed E-state index contributed by atoms with van der Waals surface area (Å²) in [5.74, 6) is 0.764. The van der Waals surface area contributed by atoms with Gasteiger partial charge in [0.05, 0.1) is 19.8 Å². The normalized spacial score (nSPS) is 10.3. The number of hydrogen-bond donors (Lipinski definition) is 2. The molecule has 0 aliphatic rings. The Hall–Kier alpha value is -4.07. The Kier molecular flexibility index (Phi) is 7.64. The predicted molar refractivity (Wildman–Crippen MR) is 119 cm³/mol. The van der Waals surface area contributed by atoms with Gasteiger partial charge in [-0.2, -0.15) is 0 Å². The molecule has 3 rings (SSSR count). The van der Waals surface area contributed by atoms with Crippen LogP contribution in [0.2, 0.25) is 0 Å². The maximum atomic E-state index is 12.6. The first kappa shape index (κ1) is 22.6. The zero-order chi connectivity index (χ0) is 22.9. The Labute approximate surface area is 186 Å². The van der Waals surface area contributed by atoms with E-state index in [0.29, 0.717) is 35.8 Å². The van der Waals surface area contributed by atoms with Crippen LogP contribution in [0.3, 0.4) is 0 Å². The van der Waals surface area contributed by atoms with Gasteiger partial charge in [-0.15, -0.1) is 0 Å². The molecule has 0 aliphatic carbocycles. The van der Waals surface area contributed by atoms with Crippen LogP contribution < -0.4 is 25.3 Å². The molecule has 0 fully saturated rings. The van der Waals surface area contributed by atoms with Gasteiger partial charge in [0.1, 0.15) is 18.1 Å². The summed E-state index contributed by atoms with van der Waals surface area (Å²) < 4.78 is 16.4. The highest BCUT2D eigenvalue weighted by molar-refractivity contribution is 5.97. The van der Waals surface area contributed by atoms with E-state index in [1.165, 1.54) is 20.4 Å². The van der Waals surface area contributed by atoms with Crippen molar-refractivity contribution < 1.29 is 23.8 Å². The van der Waals surface area contributed by atoms with Gasteiger partial charge in [-0.25, -0.2) is 0 Å². The Morgan fingerprint density at radius 2 is 1.81 bits per heavy atom. The molecule has 32 heavy (non-hydrogen) atoms. The number of carbonyl (C=O) groups excluding carboxylic acids is 2. The number of nitrogens with one attached hydrogen (secondary N) is 1. The number of aromatic nitrogens is 1. The van der Waals surface area contributed by atoms with Crippen molar-refractivity contribution in [2.45, 2.75) is 13.0 Å². The molecule has 1 heterocycles. The molecule has 0 spiro atoms. The van der Waals surface area contributed by atoms with E-state index >= 15 is 0 Å². The van der Waals surface area contributed by atoms with Gasteiger partial charge in [0, 0.05) is 12.7 Å². The molecule has 0 bridgehead atoms. The van der Waals surface area contributed by atoms with E-state index in [1.54, 1.807) is 30.3 Å². The van der Waals surface area contributed by atoms with E-state index in [-0.39, 0.29) is 18.2 Å². The highest BCUT2D eigenvalue weighted by atomic mass is 16.5. The third-order valence-electron chi connectivity index (χ3n) is 4.73. The van der Waals surface area contributed by atoms with Gasteiger partial charge >= 0.3 is 0 Å². The van der Waals surface area contributed by atoms with E-state index in [4.69, 9.17) is 19.9 Å². The fraction of sp³-hybridized carbons (Fsp3) is 0.208. The summed E-state index contributed by atoms with van der Waals surface area (Å²) in [4.78, 5) is 27.7. The summed E-state index contributed by atoms with van der Waals surface area (Å²) in [5.41, 5.74) is 7.67. The molecule has 0 aliphatic heterocycles. The van der Waals surface area contributed by atoms with Gasteiger partial charge in [0.25, 0.3) is 11.8 Å².